The second-order valence-corrected chi connectivity index (χ2v) is 7.81. The first kappa shape index (κ1) is 23.0. The van der Waals surface area contributed by atoms with Crippen LogP contribution in [0.15, 0.2) is 85.1 Å². The number of fused-ring (bicyclic) bond motifs is 1. The molecule has 0 spiro atoms. The number of rotatable bonds is 5. The van der Waals surface area contributed by atoms with Gasteiger partial charge in [-0.2, -0.15) is 18.3 Å². The van der Waals surface area contributed by atoms with Crippen molar-refractivity contribution < 1.29 is 22.8 Å². The Balaban J connectivity index is 1.51. The normalized spacial score (nSPS) is 12.7. The minimum absolute atomic E-state index is 0.0613. The molecule has 0 atom stereocenters. The van der Waals surface area contributed by atoms with Crippen LogP contribution in [0.2, 0.25) is 0 Å². The van der Waals surface area contributed by atoms with E-state index < -0.39 is 17.6 Å². The van der Waals surface area contributed by atoms with E-state index in [1.165, 1.54) is 11.9 Å². The maximum Gasteiger partial charge on any atom is 0.417 e. The van der Waals surface area contributed by atoms with Gasteiger partial charge in [0, 0.05) is 42.3 Å². The van der Waals surface area contributed by atoms with Crippen LogP contribution in [0.25, 0.3) is 16.6 Å². The molecule has 8 nitrogen and oxygen atoms in total. The molecule has 0 radical (unpaired) electrons. The minimum Gasteiger partial charge on any atom is -0.354 e. The lowest BCUT2D eigenvalue weighted by Gasteiger charge is -2.25. The quantitative estimate of drug-likeness (QED) is 0.451. The number of anilines is 1. The summed E-state index contributed by atoms with van der Waals surface area (Å²) in [5.41, 5.74) is 2.11. The first-order chi connectivity index (χ1) is 17.3. The summed E-state index contributed by atoms with van der Waals surface area (Å²) in [7, 11) is 1.51. The Morgan fingerprint density at radius 3 is 2.42 bits per heavy atom. The van der Waals surface area contributed by atoms with Crippen molar-refractivity contribution in [1.29, 1.82) is 0 Å². The van der Waals surface area contributed by atoms with Crippen molar-refractivity contribution in [3.8, 4) is 11.1 Å². The molecule has 4 aromatic rings. The molecule has 1 aliphatic carbocycles. The number of allylic oxidation sites excluding steroid dienone is 3. The summed E-state index contributed by atoms with van der Waals surface area (Å²) in [5, 5.41) is 6.82. The molecule has 0 saturated heterocycles. The van der Waals surface area contributed by atoms with E-state index in [9.17, 15) is 22.8 Å². The van der Waals surface area contributed by atoms with Gasteiger partial charge in [0.1, 0.15) is 11.5 Å². The standard InChI is InChI=1S/C25H17F3N6O2/c1-29-23(35)20-7-5-16(12-30-20)19-14-32-33-10-9-15(11-21(19)33)24(36)34(18-3-2-4-18)22-8-6-17(13-31-22)25(26,27)28/h2-14H,1H3,(H,29,35). The molecule has 4 aromatic heterocycles. The van der Waals surface area contributed by atoms with Crippen molar-refractivity contribution in [1.82, 2.24) is 24.9 Å². The van der Waals surface area contributed by atoms with E-state index in [1.54, 1.807) is 65.6 Å². The van der Waals surface area contributed by atoms with Crippen LogP contribution in [0.5, 0.6) is 0 Å². The van der Waals surface area contributed by atoms with Crippen LogP contribution in [0.4, 0.5) is 19.0 Å². The van der Waals surface area contributed by atoms with E-state index in [1.807, 2.05) is 0 Å². The van der Waals surface area contributed by atoms with E-state index in [2.05, 4.69) is 20.4 Å². The molecular formula is C25H17F3N6O2. The van der Waals surface area contributed by atoms with E-state index in [-0.39, 0.29) is 23.0 Å². The third kappa shape index (κ3) is 4.11. The number of nitrogens with zero attached hydrogens (tertiary/aromatic N) is 5. The molecule has 36 heavy (non-hydrogen) atoms. The van der Waals surface area contributed by atoms with Crippen LogP contribution < -0.4 is 10.2 Å². The van der Waals surface area contributed by atoms with Gasteiger partial charge in [-0.1, -0.05) is 12.1 Å². The lowest BCUT2D eigenvalue weighted by atomic mass is 10.1. The molecule has 5 rings (SSSR count). The fourth-order valence-corrected chi connectivity index (χ4v) is 3.65. The Morgan fingerprint density at radius 1 is 1.03 bits per heavy atom. The smallest absolute Gasteiger partial charge is 0.354 e. The SMILES string of the molecule is CNC(=O)c1ccc(-c2cnn3ccc(C(=O)N(C4=CC=C4)c4ccc(C(F)(F)F)cn4)cc23)cn1. The first-order valence-corrected chi connectivity index (χ1v) is 10.7. The number of pyridine rings is 3. The molecule has 0 bridgehead atoms. The highest BCUT2D eigenvalue weighted by Gasteiger charge is 2.32. The minimum atomic E-state index is -4.53. The van der Waals surface area contributed by atoms with Gasteiger partial charge in [-0.3, -0.25) is 19.5 Å². The Hall–Kier alpha value is -4.80. The number of halogens is 3. The van der Waals surface area contributed by atoms with Crippen molar-refractivity contribution in [2.24, 2.45) is 0 Å². The van der Waals surface area contributed by atoms with Gasteiger partial charge in [0.15, 0.2) is 0 Å². The Bertz CT molecular complexity index is 1540. The average Bonchev–Trinajstić information content (AvgIpc) is 3.28. The van der Waals surface area contributed by atoms with Crippen molar-refractivity contribution in [2.45, 2.75) is 6.18 Å². The van der Waals surface area contributed by atoms with E-state index in [0.717, 1.165) is 12.1 Å². The lowest BCUT2D eigenvalue weighted by Crippen LogP contribution is -2.31. The third-order valence-electron chi connectivity index (χ3n) is 5.60. The predicted molar refractivity (Wildman–Crippen MR) is 125 cm³/mol. The summed E-state index contributed by atoms with van der Waals surface area (Å²) in [6.45, 7) is 0. The molecule has 11 heteroatoms. The topological polar surface area (TPSA) is 92.5 Å². The summed E-state index contributed by atoms with van der Waals surface area (Å²) in [6, 6.07) is 8.57. The molecule has 0 saturated carbocycles. The Morgan fingerprint density at radius 2 is 1.83 bits per heavy atom. The average molecular weight is 490 g/mol. The van der Waals surface area contributed by atoms with Gasteiger partial charge in [-0.25, -0.2) is 9.50 Å². The predicted octanol–water partition coefficient (Wildman–Crippen LogP) is 4.27. The van der Waals surface area contributed by atoms with Crippen LogP contribution in [0.1, 0.15) is 26.4 Å². The third-order valence-corrected chi connectivity index (χ3v) is 5.60. The first-order valence-electron chi connectivity index (χ1n) is 10.7. The maximum absolute atomic E-state index is 13.5. The fourth-order valence-electron chi connectivity index (χ4n) is 3.65. The van der Waals surface area contributed by atoms with E-state index >= 15 is 0 Å². The van der Waals surface area contributed by atoms with Crippen LogP contribution in [-0.4, -0.2) is 38.4 Å². The van der Waals surface area contributed by atoms with Crippen molar-refractivity contribution in [3.05, 3.63) is 102 Å². The molecule has 0 unspecified atom stereocenters. The van der Waals surface area contributed by atoms with Crippen molar-refractivity contribution in [2.75, 3.05) is 11.9 Å². The van der Waals surface area contributed by atoms with Crippen LogP contribution >= 0.6 is 0 Å². The molecule has 0 aliphatic heterocycles. The summed E-state index contributed by atoms with van der Waals surface area (Å²) in [6.07, 6.45) is 5.98. The van der Waals surface area contributed by atoms with Gasteiger partial charge in [0.05, 0.1) is 23.0 Å². The van der Waals surface area contributed by atoms with Gasteiger partial charge >= 0.3 is 6.18 Å². The van der Waals surface area contributed by atoms with Crippen LogP contribution in [0.3, 0.4) is 0 Å². The second-order valence-electron chi connectivity index (χ2n) is 7.81. The number of hydrogen-bond donors (Lipinski definition) is 1. The highest BCUT2D eigenvalue weighted by atomic mass is 19.4. The number of amides is 2. The molecule has 4 heterocycles. The monoisotopic (exact) mass is 490 g/mol. The summed E-state index contributed by atoms with van der Waals surface area (Å²) in [4.78, 5) is 34.6. The van der Waals surface area contributed by atoms with Crippen LogP contribution in [-0.2, 0) is 6.18 Å². The van der Waals surface area contributed by atoms with Gasteiger partial charge in [-0.15, -0.1) is 0 Å². The van der Waals surface area contributed by atoms with Crippen LogP contribution in [0, 0.1) is 0 Å². The number of hydrogen-bond acceptors (Lipinski definition) is 5. The zero-order chi connectivity index (χ0) is 25.4. The largest absolute Gasteiger partial charge is 0.417 e. The second kappa shape index (κ2) is 8.77. The van der Waals surface area contributed by atoms with Crippen molar-refractivity contribution in [3.63, 3.8) is 0 Å². The molecule has 0 fully saturated rings. The van der Waals surface area contributed by atoms with E-state index in [4.69, 9.17) is 0 Å². The maximum atomic E-state index is 13.5. The summed E-state index contributed by atoms with van der Waals surface area (Å²) >= 11 is 0. The van der Waals surface area contributed by atoms with Gasteiger partial charge in [0.2, 0.25) is 0 Å². The zero-order valence-corrected chi connectivity index (χ0v) is 18.7. The molecule has 180 valence electrons. The molecule has 1 aliphatic rings. The zero-order valence-electron chi connectivity index (χ0n) is 18.7. The number of aromatic nitrogens is 4. The van der Waals surface area contributed by atoms with Gasteiger partial charge in [0.25, 0.3) is 11.8 Å². The molecule has 2 amide bonds. The summed E-state index contributed by atoms with van der Waals surface area (Å²) in [5.74, 6) is -0.725. The fraction of sp³-hybridized carbons (Fsp3) is 0.0800. The number of carbonyl (C=O) groups excluding carboxylic acids is 2. The number of carbonyl (C=O) groups is 2. The summed E-state index contributed by atoms with van der Waals surface area (Å²) < 4.78 is 40.5. The Kier molecular flexibility index (Phi) is 5.59. The number of nitrogens with one attached hydrogen (secondary N) is 1. The Labute approximate surface area is 202 Å². The van der Waals surface area contributed by atoms with Crippen molar-refractivity contribution >= 4 is 23.1 Å². The number of alkyl halides is 3. The molecule has 0 aromatic carbocycles. The van der Waals surface area contributed by atoms with Gasteiger partial charge in [-0.05, 0) is 42.5 Å². The van der Waals surface area contributed by atoms with E-state index in [0.29, 0.717) is 28.5 Å². The highest BCUT2D eigenvalue weighted by molar-refractivity contribution is 6.09. The van der Waals surface area contributed by atoms with Gasteiger partial charge < -0.3 is 5.32 Å². The molecule has 1 N–H and O–H groups in total. The molecular weight excluding hydrogens is 473 g/mol. The lowest BCUT2D eigenvalue weighted by molar-refractivity contribution is -0.137. The highest BCUT2D eigenvalue weighted by Crippen LogP contribution is 2.32.